The topological polar surface area (TPSA) is 108 Å². The van der Waals surface area contributed by atoms with Crippen LogP contribution in [0.25, 0.3) is 0 Å². The normalized spacial score (nSPS) is 20.9. The van der Waals surface area contributed by atoms with Gasteiger partial charge in [-0.1, -0.05) is 12.1 Å². The fourth-order valence-corrected chi connectivity index (χ4v) is 4.93. The van der Waals surface area contributed by atoms with Crippen LogP contribution in [0.15, 0.2) is 53.4 Å². The van der Waals surface area contributed by atoms with Crippen molar-refractivity contribution in [3.05, 3.63) is 48.5 Å². The van der Waals surface area contributed by atoms with Crippen LogP contribution in [0.2, 0.25) is 0 Å². The maximum absolute atomic E-state index is 12.7. The Labute approximate surface area is 163 Å². The van der Waals surface area contributed by atoms with Crippen LogP contribution in [-0.2, 0) is 19.6 Å². The quantitative estimate of drug-likeness (QED) is 0.721. The van der Waals surface area contributed by atoms with Crippen molar-refractivity contribution in [2.75, 3.05) is 22.1 Å². The zero-order chi connectivity index (χ0) is 19.9. The summed E-state index contributed by atoms with van der Waals surface area (Å²) in [6.45, 7) is 1.80. The van der Waals surface area contributed by atoms with Gasteiger partial charge in [-0.25, -0.2) is 13.1 Å². The molecule has 2 aliphatic heterocycles. The van der Waals surface area contributed by atoms with E-state index < -0.39 is 16.1 Å². The number of fused-ring (bicyclic) bond motifs is 3. The van der Waals surface area contributed by atoms with Gasteiger partial charge in [0.2, 0.25) is 21.8 Å². The van der Waals surface area contributed by atoms with Crippen molar-refractivity contribution >= 4 is 38.9 Å². The third-order valence-corrected chi connectivity index (χ3v) is 6.42. The molecule has 0 radical (unpaired) electrons. The van der Waals surface area contributed by atoms with E-state index in [0.29, 0.717) is 18.7 Å². The first-order chi connectivity index (χ1) is 13.3. The molecule has 2 aromatic carbocycles. The standard InChI is InChI=1S/C19H20N4O4S/c1-12(24)20-13-6-8-15(9-7-13)28(26,27)22-14-10-18-19(25)21-16-4-2-3-5-17(16)23(18)11-14/h2-9,14,18,22H,10-11H2,1H3,(H,20,24)(H,21,25). The molecule has 2 aliphatic rings. The first kappa shape index (κ1) is 18.5. The summed E-state index contributed by atoms with van der Waals surface area (Å²) >= 11 is 0. The van der Waals surface area contributed by atoms with Crippen molar-refractivity contribution in [3.63, 3.8) is 0 Å². The van der Waals surface area contributed by atoms with Gasteiger partial charge in [0, 0.05) is 25.2 Å². The van der Waals surface area contributed by atoms with E-state index in [1.54, 1.807) is 0 Å². The fourth-order valence-electron chi connectivity index (χ4n) is 3.69. The van der Waals surface area contributed by atoms with Gasteiger partial charge in [0.15, 0.2) is 0 Å². The van der Waals surface area contributed by atoms with Crippen LogP contribution in [0.5, 0.6) is 0 Å². The summed E-state index contributed by atoms with van der Waals surface area (Å²) < 4.78 is 28.2. The summed E-state index contributed by atoms with van der Waals surface area (Å²) in [7, 11) is -3.75. The Bertz CT molecular complexity index is 1040. The zero-order valence-electron chi connectivity index (χ0n) is 15.2. The predicted molar refractivity (Wildman–Crippen MR) is 106 cm³/mol. The lowest BCUT2D eigenvalue weighted by molar-refractivity contribution is -0.117. The molecule has 2 unspecified atom stereocenters. The number of benzene rings is 2. The Morgan fingerprint density at radius 2 is 1.86 bits per heavy atom. The van der Waals surface area contributed by atoms with Crippen LogP contribution < -0.4 is 20.3 Å². The number of amides is 2. The van der Waals surface area contributed by atoms with Gasteiger partial charge in [0.1, 0.15) is 6.04 Å². The number of rotatable bonds is 4. The molecular formula is C19H20N4O4S. The summed E-state index contributed by atoms with van der Waals surface area (Å²) in [5.41, 5.74) is 2.16. The van der Waals surface area contributed by atoms with E-state index in [-0.39, 0.29) is 22.8 Å². The lowest BCUT2D eigenvalue weighted by atomic mass is 10.1. The molecule has 4 rings (SSSR count). The van der Waals surface area contributed by atoms with Gasteiger partial charge in [-0.3, -0.25) is 9.59 Å². The molecule has 0 aliphatic carbocycles. The zero-order valence-corrected chi connectivity index (χ0v) is 16.0. The van der Waals surface area contributed by atoms with E-state index in [1.165, 1.54) is 31.2 Å². The average molecular weight is 400 g/mol. The van der Waals surface area contributed by atoms with Crippen LogP contribution in [0.4, 0.5) is 17.1 Å². The second-order valence-corrected chi connectivity index (χ2v) is 8.65. The molecule has 2 amide bonds. The average Bonchev–Trinajstić information content (AvgIpc) is 3.06. The maximum Gasteiger partial charge on any atom is 0.247 e. The minimum Gasteiger partial charge on any atom is -0.356 e. The Balaban J connectivity index is 1.51. The second-order valence-electron chi connectivity index (χ2n) is 6.93. The Morgan fingerprint density at radius 1 is 1.14 bits per heavy atom. The summed E-state index contributed by atoms with van der Waals surface area (Å²) in [4.78, 5) is 25.5. The number of hydrogen-bond acceptors (Lipinski definition) is 5. The largest absolute Gasteiger partial charge is 0.356 e. The number of carbonyl (C=O) groups excluding carboxylic acids is 2. The smallest absolute Gasteiger partial charge is 0.247 e. The molecule has 146 valence electrons. The van der Waals surface area contributed by atoms with Crippen LogP contribution >= 0.6 is 0 Å². The molecule has 28 heavy (non-hydrogen) atoms. The van der Waals surface area contributed by atoms with Crippen LogP contribution in [0.1, 0.15) is 13.3 Å². The molecular weight excluding hydrogens is 380 g/mol. The summed E-state index contributed by atoms with van der Waals surface area (Å²) in [5.74, 6) is -0.352. The highest BCUT2D eigenvalue weighted by Crippen LogP contribution is 2.36. The van der Waals surface area contributed by atoms with Gasteiger partial charge in [-0.15, -0.1) is 0 Å². The van der Waals surface area contributed by atoms with E-state index >= 15 is 0 Å². The highest BCUT2D eigenvalue weighted by atomic mass is 32.2. The molecule has 0 aromatic heterocycles. The van der Waals surface area contributed by atoms with Gasteiger partial charge in [0.05, 0.1) is 16.3 Å². The molecule has 1 fully saturated rings. The molecule has 2 atom stereocenters. The van der Waals surface area contributed by atoms with E-state index in [1.807, 2.05) is 29.2 Å². The molecule has 1 saturated heterocycles. The van der Waals surface area contributed by atoms with Crippen molar-refractivity contribution in [2.45, 2.75) is 30.3 Å². The third kappa shape index (κ3) is 3.46. The van der Waals surface area contributed by atoms with E-state index in [9.17, 15) is 18.0 Å². The van der Waals surface area contributed by atoms with E-state index in [2.05, 4.69) is 15.4 Å². The molecule has 0 saturated carbocycles. The number of anilines is 3. The first-order valence-electron chi connectivity index (χ1n) is 8.90. The monoisotopic (exact) mass is 400 g/mol. The number of para-hydroxylation sites is 2. The number of hydrogen-bond donors (Lipinski definition) is 3. The number of sulfonamides is 1. The van der Waals surface area contributed by atoms with Crippen molar-refractivity contribution in [3.8, 4) is 0 Å². The van der Waals surface area contributed by atoms with Gasteiger partial charge >= 0.3 is 0 Å². The van der Waals surface area contributed by atoms with Gasteiger partial charge in [-0.2, -0.15) is 0 Å². The molecule has 2 aromatic rings. The Hall–Kier alpha value is -2.91. The van der Waals surface area contributed by atoms with Gasteiger partial charge < -0.3 is 15.5 Å². The Kier molecular flexibility index (Phi) is 4.56. The van der Waals surface area contributed by atoms with Crippen molar-refractivity contribution in [1.82, 2.24) is 4.72 Å². The van der Waals surface area contributed by atoms with Crippen LogP contribution in [-0.4, -0.2) is 38.9 Å². The van der Waals surface area contributed by atoms with Gasteiger partial charge in [0.25, 0.3) is 0 Å². The first-order valence-corrected chi connectivity index (χ1v) is 10.4. The van der Waals surface area contributed by atoms with Crippen molar-refractivity contribution in [2.24, 2.45) is 0 Å². The summed E-state index contributed by atoms with van der Waals surface area (Å²) in [6.07, 6.45) is 0.392. The lowest BCUT2D eigenvalue weighted by Gasteiger charge is -2.32. The SMILES string of the molecule is CC(=O)Nc1ccc(S(=O)(=O)NC2CC3C(=O)Nc4ccccc4N3C2)cc1. The summed E-state index contributed by atoms with van der Waals surface area (Å²) in [5, 5.41) is 5.48. The van der Waals surface area contributed by atoms with E-state index in [4.69, 9.17) is 0 Å². The number of carbonyl (C=O) groups is 2. The molecule has 0 spiro atoms. The fraction of sp³-hybridized carbons (Fsp3) is 0.263. The number of nitrogens with zero attached hydrogens (tertiary/aromatic N) is 1. The molecule has 8 nitrogen and oxygen atoms in total. The highest BCUT2D eigenvalue weighted by Gasteiger charge is 2.42. The molecule has 0 bridgehead atoms. The number of nitrogens with one attached hydrogen (secondary N) is 3. The molecule has 2 heterocycles. The van der Waals surface area contributed by atoms with Crippen molar-refractivity contribution < 1.29 is 18.0 Å². The van der Waals surface area contributed by atoms with Gasteiger partial charge in [-0.05, 0) is 42.8 Å². The Morgan fingerprint density at radius 3 is 2.57 bits per heavy atom. The summed E-state index contributed by atoms with van der Waals surface area (Å²) in [6, 6.07) is 12.7. The highest BCUT2D eigenvalue weighted by molar-refractivity contribution is 7.89. The predicted octanol–water partition coefficient (Wildman–Crippen LogP) is 1.52. The third-order valence-electron chi connectivity index (χ3n) is 4.88. The van der Waals surface area contributed by atoms with Crippen LogP contribution in [0.3, 0.4) is 0 Å². The van der Waals surface area contributed by atoms with E-state index in [0.717, 1.165) is 11.4 Å². The molecule has 9 heteroatoms. The lowest BCUT2D eigenvalue weighted by Crippen LogP contribution is -2.44. The molecule has 3 N–H and O–H groups in total. The second kappa shape index (κ2) is 6.92. The maximum atomic E-state index is 12.7. The minimum absolute atomic E-state index is 0.108. The van der Waals surface area contributed by atoms with Crippen molar-refractivity contribution in [1.29, 1.82) is 0 Å². The minimum atomic E-state index is -3.75. The van der Waals surface area contributed by atoms with Crippen LogP contribution in [0, 0.1) is 0 Å².